The van der Waals surface area contributed by atoms with Crippen LogP contribution in [0.3, 0.4) is 0 Å². The van der Waals surface area contributed by atoms with Crippen LogP contribution in [0.4, 0.5) is 4.79 Å². The lowest BCUT2D eigenvalue weighted by atomic mass is 9.86. The molecule has 1 fully saturated rings. The fourth-order valence-corrected chi connectivity index (χ4v) is 3.16. The maximum absolute atomic E-state index is 12.3. The van der Waals surface area contributed by atoms with E-state index in [0.29, 0.717) is 16.9 Å². The molecule has 0 aliphatic carbocycles. The molecule has 0 spiro atoms. The summed E-state index contributed by atoms with van der Waals surface area (Å²) in [7, 11) is 0. The van der Waals surface area contributed by atoms with Gasteiger partial charge in [-0.2, -0.15) is 0 Å². The van der Waals surface area contributed by atoms with E-state index in [1.807, 2.05) is 36.1 Å². The van der Waals surface area contributed by atoms with Crippen molar-refractivity contribution in [2.75, 3.05) is 19.7 Å². The number of hydrogen-bond donors (Lipinski definition) is 2. The highest BCUT2D eigenvalue weighted by Gasteiger charge is 2.26. The fourth-order valence-electron chi connectivity index (χ4n) is 2.96. The minimum atomic E-state index is -0.0692. The molecule has 4 nitrogen and oxygen atoms in total. The molecule has 1 saturated heterocycles. The van der Waals surface area contributed by atoms with Crippen molar-refractivity contribution < 1.29 is 9.90 Å². The molecule has 2 rings (SSSR count). The predicted molar refractivity (Wildman–Crippen MR) is 88.9 cm³/mol. The van der Waals surface area contributed by atoms with E-state index in [9.17, 15) is 9.90 Å². The Morgan fingerprint density at radius 1 is 1.41 bits per heavy atom. The van der Waals surface area contributed by atoms with Crippen LogP contribution in [0, 0.1) is 11.8 Å². The largest absolute Gasteiger partial charge is 0.396 e. The second-order valence-corrected chi connectivity index (χ2v) is 6.65. The van der Waals surface area contributed by atoms with Crippen LogP contribution in [-0.4, -0.2) is 35.7 Å². The minimum absolute atomic E-state index is 0.0254. The normalized spacial score (nSPS) is 18.8. The van der Waals surface area contributed by atoms with Crippen molar-refractivity contribution >= 4 is 17.6 Å². The number of aliphatic hydroxyl groups is 1. The van der Waals surface area contributed by atoms with E-state index in [1.54, 1.807) is 0 Å². The number of piperidine rings is 1. The quantitative estimate of drug-likeness (QED) is 0.891. The SMILES string of the molecule is CC(CO)C1CCN(C(=O)N[C@H](C)c2cccc(Cl)c2)CC1. The lowest BCUT2D eigenvalue weighted by molar-refractivity contribution is 0.122. The number of nitrogens with zero attached hydrogens (tertiary/aromatic N) is 1. The van der Waals surface area contributed by atoms with Gasteiger partial charge in [0.05, 0.1) is 6.04 Å². The summed E-state index contributed by atoms with van der Waals surface area (Å²) in [6.45, 7) is 5.76. The van der Waals surface area contributed by atoms with Gasteiger partial charge in [0.15, 0.2) is 0 Å². The van der Waals surface area contributed by atoms with Crippen LogP contribution in [-0.2, 0) is 0 Å². The van der Waals surface area contributed by atoms with Crippen LogP contribution in [0.1, 0.15) is 38.3 Å². The molecule has 0 radical (unpaired) electrons. The van der Waals surface area contributed by atoms with E-state index in [2.05, 4.69) is 12.2 Å². The summed E-state index contributed by atoms with van der Waals surface area (Å²) in [5.41, 5.74) is 1.00. The van der Waals surface area contributed by atoms with E-state index in [1.165, 1.54) is 0 Å². The summed E-state index contributed by atoms with van der Waals surface area (Å²) in [6, 6.07) is 7.46. The Labute approximate surface area is 137 Å². The summed E-state index contributed by atoms with van der Waals surface area (Å²) >= 11 is 5.99. The van der Waals surface area contributed by atoms with Crippen molar-refractivity contribution in [3.05, 3.63) is 34.9 Å². The van der Waals surface area contributed by atoms with Crippen LogP contribution in [0.15, 0.2) is 24.3 Å². The highest BCUT2D eigenvalue weighted by molar-refractivity contribution is 6.30. The average molecular weight is 325 g/mol. The molecule has 2 atom stereocenters. The van der Waals surface area contributed by atoms with Gasteiger partial charge in [0.1, 0.15) is 0 Å². The molecule has 0 aromatic heterocycles. The first-order chi connectivity index (χ1) is 10.5. The van der Waals surface area contributed by atoms with Gasteiger partial charge >= 0.3 is 6.03 Å². The van der Waals surface area contributed by atoms with Crippen LogP contribution >= 0.6 is 11.6 Å². The lowest BCUT2D eigenvalue weighted by Gasteiger charge is -2.35. The highest BCUT2D eigenvalue weighted by atomic mass is 35.5. The van der Waals surface area contributed by atoms with Gasteiger partial charge in [0, 0.05) is 24.7 Å². The zero-order valence-electron chi connectivity index (χ0n) is 13.3. The van der Waals surface area contributed by atoms with Crippen LogP contribution in [0.5, 0.6) is 0 Å². The second kappa shape index (κ2) is 7.84. The Morgan fingerprint density at radius 3 is 2.68 bits per heavy atom. The topological polar surface area (TPSA) is 52.6 Å². The molecule has 0 bridgehead atoms. The van der Waals surface area contributed by atoms with Gasteiger partial charge in [0.2, 0.25) is 0 Å². The van der Waals surface area contributed by atoms with Gasteiger partial charge < -0.3 is 15.3 Å². The van der Waals surface area contributed by atoms with Crippen molar-refractivity contribution in [2.45, 2.75) is 32.7 Å². The zero-order chi connectivity index (χ0) is 16.1. The van der Waals surface area contributed by atoms with Crippen molar-refractivity contribution in [1.29, 1.82) is 0 Å². The van der Waals surface area contributed by atoms with Gasteiger partial charge in [0.25, 0.3) is 0 Å². The van der Waals surface area contributed by atoms with E-state index < -0.39 is 0 Å². The Morgan fingerprint density at radius 2 is 2.09 bits per heavy atom. The van der Waals surface area contributed by atoms with Gasteiger partial charge in [-0.3, -0.25) is 0 Å². The summed E-state index contributed by atoms with van der Waals surface area (Å²) in [4.78, 5) is 14.2. The third-order valence-corrected chi connectivity index (χ3v) is 4.84. The number of nitrogens with one attached hydrogen (secondary N) is 1. The Bertz CT molecular complexity index is 501. The first-order valence-corrected chi connectivity index (χ1v) is 8.30. The van der Waals surface area contributed by atoms with Gasteiger partial charge in [-0.25, -0.2) is 4.79 Å². The molecule has 0 saturated carbocycles. The smallest absolute Gasteiger partial charge is 0.317 e. The molecule has 1 aromatic rings. The molecule has 22 heavy (non-hydrogen) atoms. The molecule has 1 aliphatic heterocycles. The third-order valence-electron chi connectivity index (χ3n) is 4.61. The predicted octanol–water partition coefficient (Wildman–Crippen LogP) is 3.45. The number of benzene rings is 1. The maximum Gasteiger partial charge on any atom is 0.317 e. The third kappa shape index (κ3) is 4.37. The van der Waals surface area contributed by atoms with E-state index >= 15 is 0 Å². The molecule has 1 aliphatic rings. The van der Waals surface area contributed by atoms with Crippen molar-refractivity contribution in [2.24, 2.45) is 11.8 Å². The minimum Gasteiger partial charge on any atom is -0.396 e. The van der Waals surface area contributed by atoms with Crippen LogP contribution in [0.2, 0.25) is 5.02 Å². The number of rotatable bonds is 4. The summed E-state index contributed by atoms with van der Waals surface area (Å²) in [5.74, 6) is 0.829. The first-order valence-electron chi connectivity index (χ1n) is 7.93. The number of carbonyl (C=O) groups excluding carboxylic acids is 1. The van der Waals surface area contributed by atoms with Crippen molar-refractivity contribution in [3.8, 4) is 0 Å². The average Bonchev–Trinajstić information content (AvgIpc) is 2.54. The van der Waals surface area contributed by atoms with Crippen LogP contribution in [0.25, 0.3) is 0 Å². The lowest BCUT2D eigenvalue weighted by Crippen LogP contribution is -2.46. The summed E-state index contributed by atoms with van der Waals surface area (Å²) in [6.07, 6.45) is 1.92. The maximum atomic E-state index is 12.3. The van der Waals surface area contributed by atoms with Gasteiger partial charge in [-0.05, 0) is 49.3 Å². The monoisotopic (exact) mass is 324 g/mol. The molecule has 2 N–H and O–H groups in total. The second-order valence-electron chi connectivity index (χ2n) is 6.21. The molecule has 1 aromatic carbocycles. The van der Waals surface area contributed by atoms with Crippen LogP contribution < -0.4 is 5.32 Å². The number of hydrogen-bond acceptors (Lipinski definition) is 2. The molecular weight excluding hydrogens is 300 g/mol. The molecule has 1 unspecified atom stereocenters. The Kier molecular flexibility index (Phi) is 6.09. The first kappa shape index (κ1) is 17.1. The number of likely N-dealkylation sites (tertiary alicyclic amines) is 1. The molecular formula is C17H25ClN2O2. The Balaban J connectivity index is 1.85. The number of carbonyl (C=O) groups is 1. The standard InChI is InChI=1S/C17H25ClN2O2/c1-12(11-21)14-6-8-20(9-7-14)17(22)19-13(2)15-4-3-5-16(18)10-15/h3-5,10,12-14,21H,6-9,11H2,1-2H3,(H,19,22)/t12?,13-/m1/s1. The Hall–Kier alpha value is -1.26. The van der Waals surface area contributed by atoms with E-state index in [4.69, 9.17) is 11.6 Å². The molecule has 122 valence electrons. The number of halogens is 1. The molecule has 1 heterocycles. The van der Waals surface area contributed by atoms with Crippen molar-refractivity contribution in [3.63, 3.8) is 0 Å². The molecule has 2 amide bonds. The highest BCUT2D eigenvalue weighted by Crippen LogP contribution is 2.25. The number of urea groups is 1. The van der Waals surface area contributed by atoms with Crippen molar-refractivity contribution in [1.82, 2.24) is 10.2 Å². The zero-order valence-corrected chi connectivity index (χ0v) is 14.0. The van der Waals surface area contributed by atoms with Gasteiger partial charge in [-0.1, -0.05) is 30.7 Å². The number of aliphatic hydroxyl groups excluding tert-OH is 1. The summed E-state index contributed by atoms with van der Waals surface area (Å²) in [5, 5.41) is 12.9. The van der Waals surface area contributed by atoms with Gasteiger partial charge in [-0.15, -0.1) is 0 Å². The van der Waals surface area contributed by atoms with E-state index in [-0.39, 0.29) is 18.7 Å². The molecule has 5 heteroatoms. The van der Waals surface area contributed by atoms with E-state index in [0.717, 1.165) is 31.5 Å². The number of amides is 2. The fraction of sp³-hybridized carbons (Fsp3) is 0.588. The summed E-state index contributed by atoms with van der Waals surface area (Å²) < 4.78 is 0.